The van der Waals surface area contributed by atoms with Gasteiger partial charge in [0.15, 0.2) is 0 Å². The molecule has 0 aliphatic rings. The number of para-hydroxylation sites is 1. The van der Waals surface area contributed by atoms with Gasteiger partial charge in [0.05, 0.1) is 11.3 Å². The van der Waals surface area contributed by atoms with Crippen molar-refractivity contribution in [3.05, 3.63) is 29.8 Å². The van der Waals surface area contributed by atoms with E-state index in [4.69, 9.17) is 5.11 Å². The maximum Gasteiger partial charge on any atom is 0.409 e. The molecule has 118 valence electrons. The van der Waals surface area contributed by atoms with Crippen LogP contribution in [0.15, 0.2) is 24.3 Å². The molecule has 2 amide bonds. The molecule has 7 heteroatoms. The SMILES string of the molecule is CCN(CC)CCNC(=O)c1ccccc1NC(=O)O.Cl. The lowest BCUT2D eigenvalue weighted by atomic mass is 10.1. The van der Waals surface area contributed by atoms with E-state index in [1.165, 1.54) is 0 Å². The molecule has 0 saturated heterocycles. The summed E-state index contributed by atoms with van der Waals surface area (Å²) in [4.78, 5) is 24.9. The zero-order valence-electron chi connectivity index (χ0n) is 12.3. The third-order valence-corrected chi connectivity index (χ3v) is 3.02. The van der Waals surface area contributed by atoms with Gasteiger partial charge >= 0.3 is 6.09 Å². The smallest absolute Gasteiger partial charge is 0.409 e. The Bertz CT molecular complexity index is 465. The third-order valence-electron chi connectivity index (χ3n) is 3.02. The quantitative estimate of drug-likeness (QED) is 0.721. The van der Waals surface area contributed by atoms with Crippen LogP contribution in [0, 0.1) is 0 Å². The van der Waals surface area contributed by atoms with E-state index >= 15 is 0 Å². The first-order valence-electron chi connectivity index (χ1n) is 6.68. The molecule has 0 radical (unpaired) electrons. The Morgan fingerprint density at radius 3 is 2.38 bits per heavy atom. The Morgan fingerprint density at radius 2 is 1.81 bits per heavy atom. The zero-order valence-corrected chi connectivity index (χ0v) is 13.1. The van der Waals surface area contributed by atoms with Crippen LogP contribution >= 0.6 is 12.4 Å². The van der Waals surface area contributed by atoms with Gasteiger partial charge in [0.2, 0.25) is 0 Å². The fourth-order valence-corrected chi connectivity index (χ4v) is 1.87. The maximum absolute atomic E-state index is 12.0. The van der Waals surface area contributed by atoms with Crippen molar-refractivity contribution in [3.8, 4) is 0 Å². The van der Waals surface area contributed by atoms with Crippen molar-refractivity contribution in [2.24, 2.45) is 0 Å². The summed E-state index contributed by atoms with van der Waals surface area (Å²) in [6.07, 6.45) is -1.19. The second-order valence-electron chi connectivity index (χ2n) is 4.26. The van der Waals surface area contributed by atoms with E-state index in [1.54, 1.807) is 24.3 Å². The van der Waals surface area contributed by atoms with E-state index < -0.39 is 6.09 Å². The first-order chi connectivity index (χ1) is 9.58. The lowest BCUT2D eigenvalue weighted by molar-refractivity contribution is 0.0950. The first-order valence-corrected chi connectivity index (χ1v) is 6.68. The van der Waals surface area contributed by atoms with Crippen LogP contribution < -0.4 is 10.6 Å². The fraction of sp³-hybridized carbons (Fsp3) is 0.429. The summed E-state index contributed by atoms with van der Waals surface area (Å²) in [7, 11) is 0. The summed E-state index contributed by atoms with van der Waals surface area (Å²) in [5.74, 6) is -0.276. The number of nitrogens with zero attached hydrogens (tertiary/aromatic N) is 1. The molecule has 0 aliphatic heterocycles. The van der Waals surface area contributed by atoms with Gasteiger partial charge < -0.3 is 15.3 Å². The van der Waals surface area contributed by atoms with Gasteiger partial charge in [-0.25, -0.2) is 4.79 Å². The van der Waals surface area contributed by atoms with Gasteiger partial charge in [-0.15, -0.1) is 12.4 Å². The lowest BCUT2D eigenvalue weighted by Crippen LogP contribution is -2.35. The Kier molecular flexibility index (Phi) is 9.16. The van der Waals surface area contributed by atoms with E-state index in [0.717, 1.165) is 19.6 Å². The minimum Gasteiger partial charge on any atom is -0.465 e. The van der Waals surface area contributed by atoms with Crippen molar-refractivity contribution in [2.75, 3.05) is 31.5 Å². The molecule has 0 atom stereocenters. The number of nitrogens with one attached hydrogen (secondary N) is 2. The maximum atomic E-state index is 12.0. The molecular formula is C14H22ClN3O3. The van der Waals surface area contributed by atoms with E-state index in [-0.39, 0.29) is 18.3 Å². The van der Waals surface area contributed by atoms with Gasteiger partial charge in [0, 0.05) is 13.1 Å². The molecule has 21 heavy (non-hydrogen) atoms. The van der Waals surface area contributed by atoms with Crippen molar-refractivity contribution in [3.63, 3.8) is 0 Å². The average Bonchev–Trinajstić information content (AvgIpc) is 2.43. The van der Waals surface area contributed by atoms with Crippen LogP contribution in [-0.4, -0.2) is 48.2 Å². The number of anilines is 1. The Balaban J connectivity index is 0.00000400. The molecule has 0 fully saturated rings. The molecule has 1 aromatic rings. The van der Waals surface area contributed by atoms with Crippen molar-refractivity contribution < 1.29 is 14.7 Å². The molecule has 0 unspecified atom stereocenters. The van der Waals surface area contributed by atoms with Gasteiger partial charge in [0.1, 0.15) is 0 Å². The molecule has 3 N–H and O–H groups in total. The standard InChI is InChI=1S/C14H21N3O3.ClH/c1-3-17(4-2)10-9-15-13(18)11-7-5-6-8-12(11)16-14(19)20;/h5-8,16H,3-4,9-10H2,1-2H3,(H,15,18)(H,19,20);1H. The van der Waals surface area contributed by atoms with E-state index in [9.17, 15) is 9.59 Å². The number of carbonyl (C=O) groups excluding carboxylic acids is 1. The number of amides is 2. The summed E-state index contributed by atoms with van der Waals surface area (Å²) in [5, 5.41) is 13.8. The molecular weight excluding hydrogens is 294 g/mol. The molecule has 0 bridgehead atoms. The Hall–Kier alpha value is -1.79. The van der Waals surface area contributed by atoms with Crippen LogP contribution in [0.5, 0.6) is 0 Å². The van der Waals surface area contributed by atoms with Crippen molar-refractivity contribution in [1.82, 2.24) is 10.2 Å². The number of halogens is 1. The normalized spacial score (nSPS) is 9.86. The highest BCUT2D eigenvalue weighted by molar-refractivity contribution is 6.02. The number of benzene rings is 1. The second-order valence-corrected chi connectivity index (χ2v) is 4.26. The van der Waals surface area contributed by atoms with E-state index in [2.05, 4.69) is 29.4 Å². The summed E-state index contributed by atoms with van der Waals surface area (Å²) in [6.45, 7) is 7.30. The second kappa shape index (κ2) is 10.0. The van der Waals surface area contributed by atoms with Gasteiger partial charge in [-0.05, 0) is 25.2 Å². The molecule has 0 aromatic heterocycles. The minimum absolute atomic E-state index is 0. The lowest BCUT2D eigenvalue weighted by Gasteiger charge is -2.18. The van der Waals surface area contributed by atoms with Gasteiger partial charge in [-0.3, -0.25) is 10.1 Å². The summed E-state index contributed by atoms with van der Waals surface area (Å²) < 4.78 is 0. The molecule has 1 aromatic carbocycles. The van der Waals surface area contributed by atoms with Gasteiger partial charge in [0.25, 0.3) is 5.91 Å². The topological polar surface area (TPSA) is 81.7 Å². The minimum atomic E-state index is -1.19. The third kappa shape index (κ3) is 6.46. The van der Waals surface area contributed by atoms with Crippen LogP contribution in [0.4, 0.5) is 10.5 Å². The predicted molar refractivity (Wildman–Crippen MR) is 85.5 cm³/mol. The van der Waals surface area contributed by atoms with Crippen molar-refractivity contribution in [1.29, 1.82) is 0 Å². The van der Waals surface area contributed by atoms with E-state index in [1.807, 2.05) is 0 Å². The highest BCUT2D eigenvalue weighted by atomic mass is 35.5. The first kappa shape index (κ1) is 19.2. The number of rotatable bonds is 7. The van der Waals surface area contributed by atoms with Gasteiger partial charge in [-0.2, -0.15) is 0 Å². The number of carbonyl (C=O) groups is 2. The molecule has 6 nitrogen and oxygen atoms in total. The largest absolute Gasteiger partial charge is 0.465 e. The predicted octanol–water partition coefficient (Wildman–Crippen LogP) is 2.27. The van der Waals surface area contributed by atoms with Crippen molar-refractivity contribution in [2.45, 2.75) is 13.8 Å². The van der Waals surface area contributed by atoms with Crippen LogP contribution in [0.3, 0.4) is 0 Å². The molecule has 0 saturated carbocycles. The highest BCUT2D eigenvalue weighted by Crippen LogP contribution is 2.14. The number of likely N-dealkylation sites (N-methyl/N-ethyl adjacent to an activating group) is 1. The van der Waals surface area contributed by atoms with Crippen molar-refractivity contribution >= 4 is 30.1 Å². The fourth-order valence-electron chi connectivity index (χ4n) is 1.87. The van der Waals surface area contributed by atoms with Crippen LogP contribution in [0.2, 0.25) is 0 Å². The number of hydrogen-bond donors (Lipinski definition) is 3. The molecule has 0 spiro atoms. The summed E-state index contributed by atoms with van der Waals surface area (Å²) >= 11 is 0. The van der Waals surface area contributed by atoms with Gasteiger partial charge in [-0.1, -0.05) is 26.0 Å². The molecule has 1 rings (SSSR count). The summed E-state index contributed by atoms with van der Waals surface area (Å²) in [5.41, 5.74) is 0.620. The van der Waals surface area contributed by atoms with E-state index in [0.29, 0.717) is 17.8 Å². The van der Waals surface area contributed by atoms with Crippen LogP contribution in [0.25, 0.3) is 0 Å². The van der Waals surface area contributed by atoms with Crippen LogP contribution in [0.1, 0.15) is 24.2 Å². The number of hydrogen-bond acceptors (Lipinski definition) is 3. The Morgan fingerprint density at radius 1 is 1.19 bits per heavy atom. The summed E-state index contributed by atoms with van der Waals surface area (Å²) in [6, 6.07) is 6.54. The average molecular weight is 316 g/mol. The molecule has 0 aliphatic carbocycles. The molecule has 0 heterocycles. The number of carboxylic acid groups (broad SMARTS) is 1. The zero-order chi connectivity index (χ0) is 15.0. The Labute approximate surface area is 130 Å². The highest BCUT2D eigenvalue weighted by Gasteiger charge is 2.12. The monoisotopic (exact) mass is 315 g/mol. The van der Waals surface area contributed by atoms with Crippen LogP contribution in [-0.2, 0) is 0 Å².